The maximum atomic E-state index is 10.6. The van der Waals surface area contributed by atoms with Gasteiger partial charge in [0.25, 0.3) is 0 Å². The molecule has 0 fully saturated rings. The summed E-state index contributed by atoms with van der Waals surface area (Å²) in [5.74, 6) is 0. The van der Waals surface area contributed by atoms with E-state index in [2.05, 4.69) is 39.6 Å². The Morgan fingerprint density at radius 1 is 1.50 bits per heavy atom. The fourth-order valence-electron chi connectivity index (χ4n) is 1.26. The van der Waals surface area contributed by atoms with Crippen molar-refractivity contribution in [1.82, 2.24) is 0 Å². The maximum absolute atomic E-state index is 10.6. The molecule has 0 aromatic rings. The zero-order valence-corrected chi connectivity index (χ0v) is 12.4. The Bertz CT molecular complexity index is 184. The number of carbonyl (C=O) groups is 1. The third kappa shape index (κ3) is 8.99. The third-order valence-electron chi connectivity index (χ3n) is 1.65. The topological polar surface area (TPSA) is 26.3 Å². The van der Waals surface area contributed by atoms with Crippen LogP contribution in [-0.2, 0) is 9.22 Å². The van der Waals surface area contributed by atoms with E-state index in [0.717, 1.165) is 21.5 Å². The monoisotopic (exact) mass is 248 g/mol. The first-order valence-electron chi connectivity index (χ1n) is 4.98. The Labute approximate surface area is 96.0 Å². The van der Waals surface area contributed by atoms with Crippen LogP contribution in [0.5, 0.6) is 0 Å². The van der Waals surface area contributed by atoms with Crippen LogP contribution in [0.2, 0.25) is 19.1 Å². The molecular formula is C9H20O2SSi2. The van der Waals surface area contributed by atoms with Gasteiger partial charge >= 0.3 is 0 Å². The van der Waals surface area contributed by atoms with Gasteiger partial charge in [0.1, 0.15) is 0 Å². The summed E-state index contributed by atoms with van der Waals surface area (Å²) in [6, 6.07) is 1.11. The molecule has 0 aromatic carbocycles. The summed E-state index contributed by atoms with van der Waals surface area (Å²) in [5, 5.41) is -0.000879. The van der Waals surface area contributed by atoms with Crippen molar-refractivity contribution in [2.24, 2.45) is 0 Å². The minimum atomic E-state index is -1.45. The molecule has 0 spiro atoms. The third-order valence-corrected chi connectivity index (χ3v) is 8.05. The highest BCUT2D eigenvalue weighted by molar-refractivity contribution is 7.96. The van der Waals surface area contributed by atoms with Crippen molar-refractivity contribution in [3.05, 3.63) is 0 Å². The van der Waals surface area contributed by atoms with Gasteiger partial charge in [0.2, 0.25) is 0 Å². The summed E-state index contributed by atoms with van der Waals surface area (Å²) in [6.45, 7) is 8.65. The van der Waals surface area contributed by atoms with Crippen molar-refractivity contribution in [3.8, 4) is 0 Å². The van der Waals surface area contributed by atoms with E-state index in [4.69, 9.17) is 4.43 Å². The van der Waals surface area contributed by atoms with Gasteiger partial charge in [-0.2, -0.15) is 0 Å². The molecule has 0 amide bonds. The first-order valence-corrected chi connectivity index (χ1v) is 10.5. The van der Waals surface area contributed by atoms with Crippen LogP contribution < -0.4 is 0 Å². The van der Waals surface area contributed by atoms with Gasteiger partial charge in [-0.15, -0.1) is 12.6 Å². The minimum Gasteiger partial charge on any atom is -0.418 e. The lowest BCUT2D eigenvalue weighted by atomic mass is 10.4. The molecule has 5 heteroatoms. The van der Waals surface area contributed by atoms with Crippen molar-refractivity contribution in [2.45, 2.75) is 51.9 Å². The fourth-order valence-corrected chi connectivity index (χ4v) is 6.93. The molecule has 14 heavy (non-hydrogen) atoms. The quantitative estimate of drug-likeness (QED) is 0.426. The van der Waals surface area contributed by atoms with Gasteiger partial charge in [0.05, 0.1) is 9.04 Å². The Morgan fingerprint density at radius 3 is 2.50 bits per heavy atom. The Kier molecular flexibility index (Phi) is 7.02. The van der Waals surface area contributed by atoms with E-state index in [9.17, 15) is 4.79 Å². The number of hydrogen-bond acceptors (Lipinski definition) is 2. The molecule has 0 aromatic heterocycles. The molecule has 82 valence electrons. The molecule has 0 aliphatic rings. The molecule has 0 saturated carbocycles. The zero-order valence-electron chi connectivity index (χ0n) is 9.46. The predicted octanol–water partition coefficient (Wildman–Crippen LogP) is 2.47. The van der Waals surface area contributed by atoms with Gasteiger partial charge in [-0.25, -0.2) is 0 Å². The van der Waals surface area contributed by atoms with E-state index in [-0.39, 0.29) is 5.12 Å². The van der Waals surface area contributed by atoms with Crippen molar-refractivity contribution in [3.63, 3.8) is 0 Å². The van der Waals surface area contributed by atoms with Gasteiger partial charge in [0.15, 0.2) is 13.0 Å². The number of carbonyl (C=O) groups excluding carboxylic acids is 1. The highest BCUT2D eigenvalue weighted by atomic mass is 32.1. The molecule has 0 heterocycles. The predicted molar refractivity (Wildman–Crippen MR) is 67.5 cm³/mol. The van der Waals surface area contributed by atoms with E-state index in [0.29, 0.717) is 12.5 Å². The smallest absolute Gasteiger partial charge is 0.185 e. The average Bonchev–Trinajstić information content (AvgIpc) is 1.95. The summed E-state index contributed by atoms with van der Waals surface area (Å²) in [5.41, 5.74) is 0. The number of rotatable bonds is 7. The summed E-state index contributed by atoms with van der Waals surface area (Å²) in [7, 11) is -0.565. The zero-order chi connectivity index (χ0) is 11.2. The molecule has 0 aliphatic carbocycles. The lowest BCUT2D eigenvalue weighted by Gasteiger charge is -2.24. The van der Waals surface area contributed by atoms with Crippen LogP contribution in [0, 0.1) is 0 Å². The second-order valence-electron chi connectivity index (χ2n) is 4.10. The summed E-state index contributed by atoms with van der Waals surface area (Å²) in [6.07, 6.45) is 1.89. The lowest BCUT2D eigenvalue weighted by molar-refractivity contribution is -0.110. The van der Waals surface area contributed by atoms with Crippen LogP contribution in [0.4, 0.5) is 0 Å². The van der Waals surface area contributed by atoms with Crippen LogP contribution in [0.25, 0.3) is 0 Å². The number of hydrogen-bond donors (Lipinski definition) is 1. The molecule has 0 aliphatic heterocycles. The van der Waals surface area contributed by atoms with Gasteiger partial charge in [-0.3, -0.25) is 4.79 Å². The molecule has 0 bridgehead atoms. The molecule has 2 radical (unpaired) electrons. The normalized spacial score (nSPS) is 12.1. The van der Waals surface area contributed by atoms with Gasteiger partial charge in [-0.05, 0) is 33.4 Å². The molecule has 2 nitrogen and oxygen atoms in total. The Morgan fingerprint density at radius 2 is 2.07 bits per heavy atom. The van der Waals surface area contributed by atoms with E-state index in [1.54, 1.807) is 0 Å². The second kappa shape index (κ2) is 6.82. The summed E-state index contributed by atoms with van der Waals surface area (Å²) in [4.78, 5) is 10.6. The van der Waals surface area contributed by atoms with Crippen molar-refractivity contribution < 1.29 is 9.22 Å². The lowest BCUT2D eigenvalue weighted by Crippen LogP contribution is -2.40. The Hall–Kier alpha value is 0.414. The van der Waals surface area contributed by atoms with E-state index in [1.165, 1.54) is 0 Å². The summed E-state index contributed by atoms with van der Waals surface area (Å²) < 4.78 is 5.89. The molecule has 0 saturated heterocycles. The maximum Gasteiger partial charge on any atom is 0.185 e. The van der Waals surface area contributed by atoms with Crippen LogP contribution in [0.3, 0.4) is 0 Å². The number of thiol groups is 1. The Balaban J connectivity index is 3.60. The van der Waals surface area contributed by atoms with E-state index in [1.807, 2.05) is 0 Å². The summed E-state index contributed by atoms with van der Waals surface area (Å²) >= 11 is 3.74. The highest BCUT2D eigenvalue weighted by Gasteiger charge is 2.23. The molecular weight excluding hydrogens is 228 g/mol. The average molecular weight is 248 g/mol. The van der Waals surface area contributed by atoms with Crippen molar-refractivity contribution in [1.29, 1.82) is 0 Å². The largest absolute Gasteiger partial charge is 0.418 e. The molecule has 0 atom stereocenters. The molecule has 0 unspecified atom stereocenters. The van der Waals surface area contributed by atoms with Crippen LogP contribution >= 0.6 is 12.6 Å². The van der Waals surface area contributed by atoms with Crippen LogP contribution in [-0.4, -0.2) is 28.1 Å². The first kappa shape index (κ1) is 14.4. The van der Waals surface area contributed by atoms with E-state index < -0.39 is 7.83 Å². The van der Waals surface area contributed by atoms with Gasteiger partial charge in [-0.1, -0.05) is 6.04 Å². The minimum absolute atomic E-state index is 0.000879. The van der Waals surface area contributed by atoms with E-state index >= 15 is 0 Å². The molecule has 0 N–H and O–H groups in total. The first-order chi connectivity index (χ1) is 6.33. The fraction of sp³-hybridized carbons (Fsp3) is 0.889. The standard InChI is InChI=1S/C9H20O2SSi2/c1-8(2)11-14(3,4)13-7-5-6-9(10)12/h8H,5-7H2,1-4H3,(H,10,12). The van der Waals surface area contributed by atoms with Crippen molar-refractivity contribution >= 4 is 34.6 Å². The van der Waals surface area contributed by atoms with Crippen LogP contribution in [0.15, 0.2) is 0 Å². The van der Waals surface area contributed by atoms with Gasteiger partial charge < -0.3 is 4.43 Å². The van der Waals surface area contributed by atoms with Crippen molar-refractivity contribution in [2.75, 3.05) is 0 Å². The SMILES string of the molecule is CC(C)O[Si](C)(C)[Si]CCCC(=O)S. The highest BCUT2D eigenvalue weighted by Crippen LogP contribution is 2.10. The van der Waals surface area contributed by atoms with Crippen LogP contribution in [0.1, 0.15) is 26.7 Å². The molecule has 0 rings (SSSR count). The second-order valence-corrected chi connectivity index (χ2v) is 13.4. The van der Waals surface area contributed by atoms with Gasteiger partial charge in [0, 0.05) is 12.5 Å².